The summed E-state index contributed by atoms with van der Waals surface area (Å²) in [7, 11) is 0. The van der Waals surface area contributed by atoms with Crippen LogP contribution in [0.3, 0.4) is 0 Å². The molecule has 2 N–H and O–H groups in total. The van der Waals surface area contributed by atoms with Crippen LogP contribution in [0.5, 0.6) is 0 Å². The first kappa shape index (κ1) is 17.3. The summed E-state index contributed by atoms with van der Waals surface area (Å²) in [5, 5.41) is 5.88. The van der Waals surface area contributed by atoms with Gasteiger partial charge in [-0.15, -0.1) is 0 Å². The van der Waals surface area contributed by atoms with E-state index in [4.69, 9.17) is 0 Å². The molecule has 0 spiro atoms. The molecular formula is C19H22N6O2. The fraction of sp³-hybridized carbons (Fsp3) is 0.368. The molecule has 2 fully saturated rings. The van der Waals surface area contributed by atoms with Gasteiger partial charge >= 0.3 is 6.03 Å². The Morgan fingerprint density at radius 1 is 1.11 bits per heavy atom. The molecule has 2 aliphatic heterocycles. The van der Waals surface area contributed by atoms with Gasteiger partial charge in [0.1, 0.15) is 0 Å². The van der Waals surface area contributed by atoms with E-state index in [1.165, 1.54) is 0 Å². The maximum Gasteiger partial charge on any atom is 0.321 e. The lowest BCUT2D eigenvalue weighted by Crippen LogP contribution is -2.45. The number of rotatable bonds is 4. The minimum Gasteiger partial charge on any atom is -0.349 e. The van der Waals surface area contributed by atoms with E-state index >= 15 is 0 Å². The van der Waals surface area contributed by atoms with Crippen LogP contribution in [0.15, 0.2) is 42.7 Å². The van der Waals surface area contributed by atoms with Crippen molar-refractivity contribution in [1.29, 1.82) is 0 Å². The number of nitrogens with zero attached hydrogens (tertiary/aromatic N) is 4. The van der Waals surface area contributed by atoms with Crippen molar-refractivity contribution < 1.29 is 9.59 Å². The van der Waals surface area contributed by atoms with Crippen molar-refractivity contribution in [3.05, 3.63) is 48.3 Å². The quantitative estimate of drug-likeness (QED) is 0.854. The third-order valence-electron chi connectivity index (χ3n) is 4.94. The summed E-state index contributed by atoms with van der Waals surface area (Å²) in [6.45, 7) is 2.86. The number of aromatic nitrogens is 2. The van der Waals surface area contributed by atoms with Gasteiger partial charge in [-0.05, 0) is 37.1 Å². The number of nitrogens with one attached hydrogen (secondary N) is 2. The molecule has 2 aromatic rings. The van der Waals surface area contributed by atoms with Gasteiger partial charge in [-0.3, -0.25) is 9.69 Å². The summed E-state index contributed by atoms with van der Waals surface area (Å²) < 4.78 is 0. The minimum absolute atomic E-state index is 0.106. The zero-order chi connectivity index (χ0) is 18.6. The Morgan fingerprint density at radius 2 is 1.89 bits per heavy atom. The molecule has 2 aliphatic rings. The summed E-state index contributed by atoms with van der Waals surface area (Å²) in [5.74, 6) is 0.629. The zero-order valence-electron chi connectivity index (χ0n) is 15.0. The molecule has 3 heterocycles. The lowest BCUT2D eigenvalue weighted by Gasteiger charge is -2.32. The SMILES string of the molecule is O=C(NC1CCN(c2ncccn2)CC1)c1cccc(N2CCNC2=O)c1. The van der Waals surface area contributed by atoms with Gasteiger partial charge in [0, 0.05) is 55.9 Å². The van der Waals surface area contributed by atoms with Gasteiger partial charge in [0.05, 0.1) is 0 Å². The average Bonchev–Trinajstić information content (AvgIpc) is 3.15. The standard InChI is InChI=1S/C19H22N6O2/c26-17(14-3-1-4-16(13-14)25-12-9-22-19(25)27)23-15-5-10-24(11-6-15)18-20-7-2-8-21-18/h1-4,7-8,13,15H,5-6,9-12H2,(H,22,27)(H,23,26). The van der Waals surface area contributed by atoms with Gasteiger partial charge < -0.3 is 15.5 Å². The van der Waals surface area contributed by atoms with E-state index in [1.54, 1.807) is 35.5 Å². The van der Waals surface area contributed by atoms with E-state index in [2.05, 4.69) is 25.5 Å². The average molecular weight is 366 g/mol. The molecule has 0 bridgehead atoms. The van der Waals surface area contributed by atoms with Crippen LogP contribution < -0.4 is 20.4 Å². The van der Waals surface area contributed by atoms with Crippen LogP contribution in [0.4, 0.5) is 16.4 Å². The lowest BCUT2D eigenvalue weighted by molar-refractivity contribution is 0.0931. The number of carbonyl (C=O) groups excluding carboxylic acids is 2. The summed E-state index contributed by atoms with van der Waals surface area (Å²) in [6.07, 6.45) is 5.17. The van der Waals surface area contributed by atoms with Crippen molar-refractivity contribution in [2.24, 2.45) is 0 Å². The van der Waals surface area contributed by atoms with Crippen LogP contribution in [0.2, 0.25) is 0 Å². The monoisotopic (exact) mass is 366 g/mol. The van der Waals surface area contributed by atoms with Gasteiger partial charge in [-0.1, -0.05) is 6.07 Å². The van der Waals surface area contributed by atoms with E-state index in [-0.39, 0.29) is 18.0 Å². The number of benzene rings is 1. The summed E-state index contributed by atoms with van der Waals surface area (Å²) in [5.41, 5.74) is 1.31. The highest BCUT2D eigenvalue weighted by Crippen LogP contribution is 2.19. The Bertz CT molecular complexity index is 820. The predicted molar refractivity (Wildman–Crippen MR) is 102 cm³/mol. The van der Waals surface area contributed by atoms with Crippen LogP contribution in [0.1, 0.15) is 23.2 Å². The number of hydrogen-bond acceptors (Lipinski definition) is 5. The van der Waals surface area contributed by atoms with Crippen LogP contribution in [-0.4, -0.2) is 54.1 Å². The first-order chi connectivity index (χ1) is 13.2. The second-order valence-corrected chi connectivity index (χ2v) is 6.72. The van der Waals surface area contributed by atoms with Gasteiger partial charge in [0.15, 0.2) is 0 Å². The molecule has 27 heavy (non-hydrogen) atoms. The second-order valence-electron chi connectivity index (χ2n) is 6.72. The normalized spacial score (nSPS) is 17.7. The fourth-order valence-electron chi connectivity index (χ4n) is 3.48. The van der Waals surface area contributed by atoms with E-state index < -0.39 is 0 Å². The van der Waals surface area contributed by atoms with Crippen LogP contribution in [-0.2, 0) is 0 Å². The van der Waals surface area contributed by atoms with Gasteiger partial charge in [0.25, 0.3) is 5.91 Å². The second kappa shape index (κ2) is 7.61. The van der Waals surface area contributed by atoms with Crippen LogP contribution in [0, 0.1) is 0 Å². The molecule has 0 aliphatic carbocycles. The molecule has 2 saturated heterocycles. The predicted octanol–water partition coefficient (Wildman–Crippen LogP) is 1.40. The number of piperidine rings is 1. The van der Waals surface area contributed by atoms with Crippen molar-refractivity contribution in [1.82, 2.24) is 20.6 Å². The van der Waals surface area contributed by atoms with E-state index in [0.29, 0.717) is 18.7 Å². The Morgan fingerprint density at radius 3 is 2.59 bits per heavy atom. The van der Waals surface area contributed by atoms with Crippen molar-refractivity contribution in [2.45, 2.75) is 18.9 Å². The zero-order valence-corrected chi connectivity index (χ0v) is 15.0. The minimum atomic E-state index is -0.122. The molecule has 0 radical (unpaired) electrons. The Kier molecular flexibility index (Phi) is 4.86. The van der Waals surface area contributed by atoms with Crippen LogP contribution in [0.25, 0.3) is 0 Å². The molecule has 0 unspecified atom stereocenters. The van der Waals surface area contributed by atoms with Crippen molar-refractivity contribution in [2.75, 3.05) is 36.0 Å². The number of urea groups is 1. The molecule has 4 rings (SSSR count). The fourth-order valence-corrected chi connectivity index (χ4v) is 3.48. The Labute approximate surface area is 157 Å². The molecule has 0 atom stereocenters. The highest BCUT2D eigenvalue weighted by atomic mass is 16.2. The number of amides is 3. The lowest BCUT2D eigenvalue weighted by atomic mass is 10.0. The molecule has 0 saturated carbocycles. The number of carbonyl (C=O) groups is 2. The first-order valence-electron chi connectivity index (χ1n) is 9.19. The highest BCUT2D eigenvalue weighted by molar-refractivity contribution is 5.98. The van der Waals surface area contributed by atoms with Crippen molar-refractivity contribution in [3.8, 4) is 0 Å². The molecular weight excluding hydrogens is 344 g/mol. The maximum absolute atomic E-state index is 12.6. The maximum atomic E-state index is 12.6. The van der Waals surface area contributed by atoms with Crippen LogP contribution >= 0.6 is 0 Å². The molecule has 3 amide bonds. The largest absolute Gasteiger partial charge is 0.349 e. The summed E-state index contributed by atoms with van der Waals surface area (Å²) in [6, 6.07) is 9.01. The van der Waals surface area contributed by atoms with Gasteiger partial charge in [-0.2, -0.15) is 0 Å². The number of anilines is 2. The highest BCUT2D eigenvalue weighted by Gasteiger charge is 2.24. The third-order valence-corrected chi connectivity index (χ3v) is 4.94. The first-order valence-corrected chi connectivity index (χ1v) is 9.19. The van der Waals surface area contributed by atoms with Gasteiger partial charge in [0.2, 0.25) is 5.95 Å². The smallest absolute Gasteiger partial charge is 0.321 e. The summed E-state index contributed by atoms with van der Waals surface area (Å²) >= 11 is 0. The molecule has 1 aromatic heterocycles. The summed E-state index contributed by atoms with van der Waals surface area (Å²) in [4.78, 5) is 36.8. The topological polar surface area (TPSA) is 90.5 Å². The molecule has 8 nitrogen and oxygen atoms in total. The Hall–Kier alpha value is -3.16. The van der Waals surface area contributed by atoms with Gasteiger partial charge in [-0.25, -0.2) is 14.8 Å². The molecule has 140 valence electrons. The van der Waals surface area contributed by atoms with E-state index in [9.17, 15) is 9.59 Å². The number of hydrogen-bond donors (Lipinski definition) is 2. The van der Waals surface area contributed by atoms with E-state index in [0.717, 1.165) is 37.6 Å². The molecule has 8 heteroatoms. The van der Waals surface area contributed by atoms with Crippen molar-refractivity contribution >= 4 is 23.6 Å². The molecule has 1 aromatic carbocycles. The Balaban J connectivity index is 1.35. The third kappa shape index (κ3) is 3.84. The van der Waals surface area contributed by atoms with E-state index in [1.807, 2.05) is 12.1 Å². The van der Waals surface area contributed by atoms with Crippen molar-refractivity contribution in [3.63, 3.8) is 0 Å².